The summed E-state index contributed by atoms with van der Waals surface area (Å²) in [6.07, 6.45) is 2.48. The predicted octanol–water partition coefficient (Wildman–Crippen LogP) is 0.637. The summed E-state index contributed by atoms with van der Waals surface area (Å²) >= 11 is 0. The van der Waals surface area contributed by atoms with Crippen molar-refractivity contribution in [2.24, 2.45) is 5.92 Å². The van der Waals surface area contributed by atoms with Gasteiger partial charge in [-0.1, -0.05) is 6.92 Å². The number of hydrogen-bond acceptors (Lipinski definition) is 4. The molecule has 2 fully saturated rings. The number of hydrogen-bond donors (Lipinski definition) is 1. The molecule has 106 valence electrons. The minimum Gasteiger partial charge on any atom is -0.381 e. The summed E-state index contributed by atoms with van der Waals surface area (Å²) in [7, 11) is 4.39. The van der Waals surface area contributed by atoms with Crippen molar-refractivity contribution in [2.45, 2.75) is 31.8 Å². The van der Waals surface area contributed by atoms with E-state index in [1.807, 2.05) is 0 Å². The van der Waals surface area contributed by atoms with E-state index in [9.17, 15) is 0 Å². The van der Waals surface area contributed by atoms with Crippen molar-refractivity contribution >= 4 is 0 Å². The van der Waals surface area contributed by atoms with E-state index >= 15 is 0 Å². The minimum atomic E-state index is 0.655. The molecule has 0 amide bonds. The molecule has 4 nitrogen and oxygen atoms in total. The highest BCUT2D eigenvalue weighted by Gasteiger charge is 2.30. The van der Waals surface area contributed by atoms with Gasteiger partial charge in [0, 0.05) is 37.7 Å². The molecule has 2 rings (SSSR count). The van der Waals surface area contributed by atoms with Crippen molar-refractivity contribution in [1.82, 2.24) is 15.1 Å². The Balaban J connectivity index is 1.80. The molecule has 0 saturated carbocycles. The van der Waals surface area contributed by atoms with Gasteiger partial charge in [-0.05, 0) is 40.0 Å². The second-order valence-electron chi connectivity index (χ2n) is 5.95. The first-order valence-electron chi connectivity index (χ1n) is 7.40. The van der Waals surface area contributed by atoms with Gasteiger partial charge in [0.25, 0.3) is 0 Å². The molecule has 2 saturated heterocycles. The highest BCUT2D eigenvalue weighted by Crippen LogP contribution is 2.20. The van der Waals surface area contributed by atoms with E-state index in [1.54, 1.807) is 0 Å². The molecule has 1 N–H and O–H groups in total. The van der Waals surface area contributed by atoms with Gasteiger partial charge in [0.2, 0.25) is 0 Å². The summed E-state index contributed by atoms with van der Waals surface area (Å²) in [6, 6.07) is 1.40. The molecule has 0 aromatic rings. The number of ether oxygens (including phenoxy) is 1. The third-order valence-electron chi connectivity index (χ3n) is 4.41. The third-order valence-corrected chi connectivity index (χ3v) is 4.41. The summed E-state index contributed by atoms with van der Waals surface area (Å²) in [5, 5.41) is 3.63. The molecule has 3 atom stereocenters. The molecule has 3 unspecified atom stereocenters. The summed E-state index contributed by atoms with van der Waals surface area (Å²) in [5.74, 6) is 0.666. The number of nitrogens with zero attached hydrogens (tertiary/aromatic N) is 2. The van der Waals surface area contributed by atoms with Gasteiger partial charge in [0.1, 0.15) is 0 Å². The Morgan fingerprint density at radius 1 is 1.33 bits per heavy atom. The topological polar surface area (TPSA) is 27.7 Å². The lowest BCUT2D eigenvalue weighted by molar-refractivity contribution is 0.0193. The van der Waals surface area contributed by atoms with Gasteiger partial charge >= 0.3 is 0 Å². The first-order valence-corrected chi connectivity index (χ1v) is 7.40. The van der Waals surface area contributed by atoms with Crippen LogP contribution in [0.15, 0.2) is 0 Å². The van der Waals surface area contributed by atoms with E-state index in [2.05, 4.69) is 36.1 Å². The van der Waals surface area contributed by atoms with Crippen LogP contribution in [0.5, 0.6) is 0 Å². The molecule has 0 aromatic heterocycles. The number of likely N-dealkylation sites (tertiary alicyclic amines) is 1. The zero-order chi connectivity index (χ0) is 13.0. The monoisotopic (exact) mass is 255 g/mol. The molecular formula is C14H29N3O. The van der Waals surface area contributed by atoms with E-state index in [1.165, 1.54) is 32.5 Å². The van der Waals surface area contributed by atoms with Gasteiger partial charge in [-0.3, -0.25) is 0 Å². The molecular weight excluding hydrogens is 226 g/mol. The fourth-order valence-corrected chi connectivity index (χ4v) is 3.24. The fourth-order valence-electron chi connectivity index (χ4n) is 3.24. The maximum Gasteiger partial charge on any atom is 0.0521 e. The summed E-state index contributed by atoms with van der Waals surface area (Å²) in [6.45, 7) is 8.80. The van der Waals surface area contributed by atoms with Crippen LogP contribution in [0.2, 0.25) is 0 Å². The van der Waals surface area contributed by atoms with Crippen LogP contribution in [-0.4, -0.2) is 75.4 Å². The molecule has 0 radical (unpaired) electrons. The van der Waals surface area contributed by atoms with Gasteiger partial charge in [-0.15, -0.1) is 0 Å². The summed E-state index contributed by atoms with van der Waals surface area (Å²) < 4.78 is 5.67. The van der Waals surface area contributed by atoms with Gasteiger partial charge in [0.15, 0.2) is 0 Å². The molecule has 18 heavy (non-hydrogen) atoms. The lowest BCUT2D eigenvalue weighted by Gasteiger charge is -2.34. The van der Waals surface area contributed by atoms with Crippen LogP contribution in [0, 0.1) is 5.92 Å². The van der Waals surface area contributed by atoms with Crippen molar-refractivity contribution in [3.63, 3.8) is 0 Å². The van der Waals surface area contributed by atoms with E-state index in [-0.39, 0.29) is 0 Å². The lowest BCUT2D eigenvalue weighted by atomic mass is 9.95. The summed E-state index contributed by atoms with van der Waals surface area (Å²) in [5.41, 5.74) is 0. The Bertz CT molecular complexity index is 245. The van der Waals surface area contributed by atoms with E-state index < -0.39 is 0 Å². The predicted molar refractivity (Wildman–Crippen MR) is 74.9 cm³/mol. The smallest absolute Gasteiger partial charge is 0.0521 e. The molecule has 2 heterocycles. The molecule has 4 heteroatoms. The second kappa shape index (κ2) is 6.85. The van der Waals surface area contributed by atoms with Crippen LogP contribution < -0.4 is 5.32 Å². The molecule has 0 aliphatic carbocycles. The van der Waals surface area contributed by atoms with Crippen molar-refractivity contribution in [1.29, 1.82) is 0 Å². The minimum absolute atomic E-state index is 0.655. The largest absolute Gasteiger partial charge is 0.381 e. The first kappa shape index (κ1) is 14.3. The van der Waals surface area contributed by atoms with Crippen LogP contribution in [0.25, 0.3) is 0 Å². The Labute approximate surface area is 112 Å². The van der Waals surface area contributed by atoms with Crippen molar-refractivity contribution in [3.05, 3.63) is 0 Å². The molecule has 0 bridgehead atoms. The van der Waals surface area contributed by atoms with Crippen LogP contribution in [0.1, 0.15) is 19.8 Å². The Hall–Kier alpha value is -0.160. The molecule has 2 aliphatic rings. The highest BCUT2D eigenvalue weighted by molar-refractivity contribution is 4.86. The van der Waals surface area contributed by atoms with Crippen molar-refractivity contribution in [3.8, 4) is 0 Å². The standard InChI is InChI=1S/C14H29N3O/c1-4-15-14-6-8-18-11-12(14)9-17-7-5-13(10-17)16(2)3/h12-15H,4-11H2,1-3H3. The normalized spacial score (nSPS) is 34.3. The van der Waals surface area contributed by atoms with Crippen LogP contribution in [0.4, 0.5) is 0 Å². The number of likely N-dealkylation sites (N-methyl/N-ethyl adjacent to an activating group) is 1. The quantitative estimate of drug-likeness (QED) is 0.780. The van der Waals surface area contributed by atoms with Crippen molar-refractivity contribution in [2.75, 3.05) is 53.5 Å². The van der Waals surface area contributed by atoms with Gasteiger partial charge in [-0.2, -0.15) is 0 Å². The maximum atomic E-state index is 5.67. The van der Waals surface area contributed by atoms with E-state index in [0.717, 1.165) is 25.8 Å². The average Bonchev–Trinajstić information content (AvgIpc) is 2.81. The fraction of sp³-hybridized carbons (Fsp3) is 1.00. The molecule has 0 aromatic carbocycles. The van der Waals surface area contributed by atoms with E-state index in [0.29, 0.717) is 12.0 Å². The lowest BCUT2D eigenvalue weighted by Crippen LogP contribution is -2.47. The van der Waals surface area contributed by atoms with Gasteiger partial charge in [-0.25, -0.2) is 0 Å². The van der Waals surface area contributed by atoms with Gasteiger partial charge in [0.05, 0.1) is 6.61 Å². The van der Waals surface area contributed by atoms with Gasteiger partial charge < -0.3 is 19.9 Å². The zero-order valence-corrected chi connectivity index (χ0v) is 12.2. The van der Waals surface area contributed by atoms with Crippen LogP contribution in [0.3, 0.4) is 0 Å². The second-order valence-corrected chi connectivity index (χ2v) is 5.95. The third kappa shape index (κ3) is 3.67. The molecule has 0 spiro atoms. The maximum absolute atomic E-state index is 5.67. The first-order chi connectivity index (χ1) is 8.70. The molecule has 2 aliphatic heterocycles. The van der Waals surface area contributed by atoms with Crippen molar-refractivity contribution < 1.29 is 4.74 Å². The summed E-state index contributed by atoms with van der Waals surface area (Å²) in [4.78, 5) is 4.98. The Kier molecular flexibility index (Phi) is 5.42. The Morgan fingerprint density at radius 3 is 2.83 bits per heavy atom. The van der Waals surface area contributed by atoms with Crippen LogP contribution in [-0.2, 0) is 4.74 Å². The SMILES string of the molecule is CCNC1CCOCC1CN1CCC(N(C)C)C1. The number of nitrogens with one attached hydrogen (secondary N) is 1. The average molecular weight is 255 g/mol. The number of rotatable bonds is 5. The zero-order valence-electron chi connectivity index (χ0n) is 12.2. The Morgan fingerprint density at radius 2 is 2.17 bits per heavy atom. The van der Waals surface area contributed by atoms with Crippen LogP contribution >= 0.6 is 0 Å². The highest BCUT2D eigenvalue weighted by atomic mass is 16.5. The van der Waals surface area contributed by atoms with E-state index in [4.69, 9.17) is 4.74 Å².